The van der Waals surface area contributed by atoms with Gasteiger partial charge in [-0.1, -0.05) is 38.5 Å². The summed E-state index contributed by atoms with van der Waals surface area (Å²) in [6.07, 6.45) is 17.5. The van der Waals surface area contributed by atoms with Gasteiger partial charge in [0.2, 0.25) is 0 Å². The van der Waals surface area contributed by atoms with Gasteiger partial charge in [0.15, 0.2) is 5.82 Å². The maximum atomic E-state index is 12.7. The van der Waals surface area contributed by atoms with E-state index in [4.69, 9.17) is 5.10 Å². The highest BCUT2D eigenvalue weighted by molar-refractivity contribution is 5.89. The van der Waals surface area contributed by atoms with E-state index in [1.54, 1.807) is 0 Å². The third-order valence-corrected chi connectivity index (χ3v) is 7.08. The molecule has 1 atom stereocenters. The van der Waals surface area contributed by atoms with E-state index in [1.165, 1.54) is 88.3 Å². The molecule has 1 aromatic heterocycles. The van der Waals surface area contributed by atoms with Gasteiger partial charge in [0.1, 0.15) is 0 Å². The lowest BCUT2D eigenvalue weighted by Crippen LogP contribution is -2.41. The lowest BCUT2D eigenvalue weighted by atomic mass is 9.85. The Morgan fingerprint density at radius 1 is 0.963 bits per heavy atom. The predicted molar refractivity (Wildman–Crippen MR) is 109 cm³/mol. The summed E-state index contributed by atoms with van der Waals surface area (Å²) in [6.45, 7) is 2.16. The summed E-state index contributed by atoms with van der Waals surface area (Å²) < 4.78 is 2.29. The van der Waals surface area contributed by atoms with Gasteiger partial charge in [-0.15, -0.1) is 0 Å². The molecule has 0 saturated heterocycles. The first kappa shape index (κ1) is 18.8. The minimum atomic E-state index is -0.0743. The number of amides is 2. The minimum Gasteiger partial charge on any atom is -0.335 e. The van der Waals surface area contributed by atoms with Crippen LogP contribution in [-0.4, -0.2) is 21.9 Å². The van der Waals surface area contributed by atoms with Gasteiger partial charge in [-0.25, -0.2) is 4.79 Å². The number of hydrogen-bond acceptors (Lipinski definition) is 2. The largest absolute Gasteiger partial charge is 0.335 e. The van der Waals surface area contributed by atoms with Crippen molar-refractivity contribution in [2.75, 3.05) is 5.32 Å². The molecule has 2 saturated carbocycles. The highest BCUT2D eigenvalue weighted by Gasteiger charge is 2.27. The van der Waals surface area contributed by atoms with Crippen molar-refractivity contribution in [3.05, 3.63) is 11.3 Å². The monoisotopic (exact) mass is 372 g/mol. The highest BCUT2D eigenvalue weighted by Crippen LogP contribution is 2.35. The molecular formula is C22H36N4O. The zero-order valence-electron chi connectivity index (χ0n) is 16.9. The van der Waals surface area contributed by atoms with Crippen LogP contribution in [0.25, 0.3) is 0 Å². The standard InChI is InChI=1S/C22H36N4O/c1-16(17-10-4-2-5-11-17)23-22(27)24-21-19-14-8-9-15-20(19)26(25-21)18-12-6-3-7-13-18/h16-18H,2-15H2,1H3,(H2,23,24,25,27). The van der Waals surface area contributed by atoms with Crippen LogP contribution >= 0.6 is 0 Å². The van der Waals surface area contributed by atoms with Gasteiger partial charge in [-0.3, -0.25) is 10.00 Å². The molecule has 27 heavy (non-hydrogen) atoms. The van der Waals surface area contributed by atoms with E-state index in [0.29, 0.717) is 12.0 Å². The Balaban J connectivity index is 1.44. The molecule has 1 aromatic rings. The molecule has 3 aliphatic carbocycles. The summed E-state index contributed by atoms with van der Waals surface area (Å²) in [6, 6.07) is 0.696. The molecular weight excluding hydrogens is 336 g/mol. The summed E-state index contributed by atoms with van der Waals surface area (Å²) in [7, 11) is 0. The molecule has 0 spiro atoms. The van der Waals surface area contributed by atoms with E-state index >= 15 is 0 Å². The predicted octanol–water partition coefficient (Wildman–Crippen LogP) is 5.36. The maximum absolute atomic E-state index is 12.7. The summed E-state index contributed by atoms with van der Waals surface area (Å²) in [5.41, 5.74) is 2.69. The van der Waals surface area contributed by atoms with E-state index in [2.05, 4.69) is 22.2 Å². The van der Waals surface area contributed by atoms with E-state index in [9.17, 15) is 4.79 Å². The Hall–Kier alpha value is -1.52. The van der Waals surface area contributed by atoms with Gasteiger partial charge >= 0.3 is 6.03 Å². The van der Waals surface area contributed by atoms with Crippen LogP contribution in [0.2, 0.25) is 0 Å². The number of aromatic nitrogens is 2. The minimum absolute atomic E-state index is 0.0743. The second kappa shape index (κ2) is 8.66. The quantitative estimate of drug-likeness (QED) is 0.748. The Morgan fingerprint density at radius 2 is 1.63 bits per heavy atom. The summed E-state index contributed by atoms with van der Waals surface area (Å²) in [5, 5.41) is 11.2. The molecule has 3 aliphatic rings. The smallest absolute Gasteiger partial charge is 0.320 e. The number of rotatable bonds is 4. The van der Waals surface area contributed by atoms with Crippen LogP contribution in [0, 0.1) is 5.92 Å². The van der Waals surface area contributed by atoms with Crippen molar-refractivity contribution in [1.29, 1.82) is 0 Å². The van der Waals surface area contributed by atoms with Crippen LogP contribution in [0.4, 0.5) is 10.6 Å². The molecule has 150 valence electrons. The maximum Gasteiger partial charge on any atom is 0.320 e. The average molecular weight is 373 g/mol. The first-order chi connectivity index (χ1) is 13.2. The second-order valence-electron chi connectivity index (χ2n) is 9.00. The number of nitrogens with one attached hydrogen (secondary N) is 2. The molecule has 2 amide bonds. The van der Waals surface area contributed by atoms with Crippen molar-refractivity contribution in [3.8, 4) is 0 Å². The molecule has 0 aliphatic heterocycles. The molecule has 0 aromatic carbocycles. The number of nitrogens with zero attached hydrogens (tertiary/aromatic N) is 2. The first-order valence-electron chi connectivity index (χ1n) is 11.4. The normalized spacial score (nSPS) is 22.9. The number of fused-ring (bicyclic) bond motifs is 1. The van der Waals surface area contributed by atoms with Crippen LogP contribution in [0.15, 0.2) is 0 Å². The highest BCUT2D eigenvalue weighted by atomic mass is 16.2. The molecule has 0 radical (unpaired) electrons. The number of carbonyl (C=O) groups excluding carboxylic acids is 1. The molecule has 0 bridgehead atoms. The van der Waals surface area contributed by atoms with Crippen LogP contribution in [-0.2, 0) is 12.8 Å². The van der Waals surface area contributed by atoms with Crippen LogP contribution in [0.1, 0.15) is 101 Å². The third kappa shape index (κ3) is 4.33. The molecule has 5 nitrogen and oxygen atoms in total. The van der Waals surface area contributed by atoms with Gasteiger partial charge in [0, 0.05) is 17.3 Å². The van der Waals surface area contributed by atoms with Crippen molar-refractivity contribution in [3.63, 3.8) is 0 Å². The first-order valence-corrected chi connectivity index (χ1v) is 11.4. The lowest BCUT2D eigenvalue weighted by molar-refractivity contribution is 0.235. The van der Waals surface area contributed by atoms with E-state index < -0.39 is 0 Å². The zero-order chi connectivity index (χ0) is 18.6. The SMILES string of the molecule is CC(NC(=O)Nc1nn(C2CCCCC2)c2c1CCCC2)C1CCCCC1. The summed E-state index contributed by atoms with van der Waals surface area (Å²) in [4.78, 5) is 12.7. The Bertz CT molecular complexity index is 641. The lowest BCUT2D eigenvalue weighted by Gasteiger charge is -2.28. The van der Waals surface area contributed by atoms with Crippen molar-refractivity contribution in [2.24, 2.45) is 5.92 Å². The van der Waals surface area contributed by atoms with E-state index in [1.807, 2.05) is 0 Å². The van der Waals surface area contributed by atoms with Crippen molar-refractivity contribution in [1.82, 2.24) is 15.1 Å². The summed E-state index contributed by atoms with van der Waals surface area (Å²) in [5.74, 6) is 1.45. The van der Waals surface area contributed by atoms with Crippen molar-refractivity contribution >= 4 is 11.8 Å². The van der Waals surface area contributed by atoms with Crippen molar-refractivity contribution in [2.45, 2.75) is 109 Å². The van der Waals surface area contributed by atoms with E-state index in [-0.39, 0.29) is 12.1 Å². The topological polar surface area (TPSA) is 59.0 Å². The number of anilines is 1. The molecule has 1 heterocycles. The van der Waals surface area contributed by atoms with Gasteiger partial charge < -0.3 is 5.32 Å². The number of hydrogen-bond donors (Lipinski definition) is 2. The van der Waals surface area contributed by atoms with Crippen LogP contribution in [0.5, 0.6) is 0 Å². The van der Waals surface area contributed by atoms with Crippen molar-refractivity contribution < 1.29 is 4.79 Å². The Kier molecular flexibility index (Phi) is 6.04. The molecule has 4 rings (SSSR count). The van der Waals surface area contributed by atoms with Gasteiger partial charge in [0.25, 0.3) is 0 Å². The fraction of sp³-hybridized carbons (Fsp3) is 0.818. The molecule has 1 unspecified atom stereocenters. The van der Waals surface area contributed by atoms with Gasteiger partial charge in [-0.2, -0.15) is 5.10 Å². The Morgan fingerprint density at radius 3 is 2.37 bits per heavy atom. The average Bonchev–Trinajstić information content (AvgIpc) is 3.08. The molecule has 5 heteroatoms. The fourth-order valence-electron chi connectivity index (χ4n) is 5.46. The zero-order valence-corrected chi connectivity index (χ0v) is 16.9. The van der Waals surface area contributed by atoms with Crippen LogP contribution in [0.3, 0.4) is 0 Å². The third-order valence-electron chi connectivity index (χ3n) is 7.08. The van der Waals surface area contributed by atoms with E-state index in [0.717, 1.165) is 18.7 Å². The Labute approximate surface area is 163 Å². The van der Waals surface area contributed by atoms with Crippen LogP contribution < -0.4 is 10.6 Å². The molecule has 2 fully saturated rings. The molecule has 2 N–H and O–H groups in total. The second-order valence-corrected chi connectivity index (χ2v) is 9.00. The van der Waals surface area contributed by atoms with Gasteiger partial charge in [0.05, 0.1) is 6.04 Å². The number of urea groups is 1. The van der Waals surface area contributed by atoms with Gasteiger partial charge in [-0.05, 0) is 64.2 Å². The summed E-state index contributed by atoms with van der Waals surface area (Å²) >= 11 is 0. The fourth-order valence-corrected chi connectivity index (χ4v) is 5.46. The number of carbonyl (C=O) groups is 1.